The van der Waals surface area contributed by atoms with Crippen LogP contribution in [0, 0.1) is 22.7 Å². The van der Waals surface area contributed by atoms with Gasteiger partial charge in [-0.15, -0.1) is 11.3 Å². The zero-order valence-corrected chi connectivity index (χ0v) is 32.7. The summed E-state index contributed by atoms with van der Waals surface area (Å²) in [6.45, 7) is 9.17. The van der Waals surface area contributed by atoms with E-state index in [0.29, 0.717) is 17.1 Å². The molecule has 290 valence electrons. The lowest BCUT2D eigenvalue weighted by atomic mass is 9.86. The number of amides is 6. The molecule has 6 N–H and O–H groups in total. The van der Waals surface area contributed by atoms with Crippen molar-refractivity contribution in [1.82, 2.24) is 30.5 Å². The Balaban J connectivity index is 1.58. The van der Waals surface area contributed by atoms with E-state index in [9.17, 15) is 37.2 Å². The number of carbonyl (C=O) groups excluding carboxylic acids is 6. The summed E-state index contributed by atoms with van der Waals surface area (Å²) in [5, 5.41) is 12.1. The molecule has 0 spiro atoms. The molecule has 4 rings (SSSR count). The number of carbonyl (C=O) groups is 6. The van der Waals surface area contributed by atoms with Gasteiger partial charge in [0.1, 0.15) is 22.3 Å². The first-order valence-corrected chi connectivity index (χ1v) is 20.4. The van der Waals surface area contributed by atoms with Crippen molar-refractivity contribution in [1.29, 1.82) is 0 Å². The Morgan fingerprint density at radius 1 is 1.06 bits per heavy atom. The second kappa shape index (κ2) is 16.6. The van der Waals surface area contributed by atoms with E-state index in [-0.39, 0.29) is 47.5 Å². The van der Waals surface area contributed by atoms with E-state index in [4.69, 9.17) is 5.73 Å². The number of hydrogen-bond donors (Lipinski definition) is 5. The van der Waals surface area contributed by atoms with Crippen LogP contribution in [0.4, 0.5) is 4.79 Å². The van der Waals surface area contributed by atoms with Crippen molar-refractivity contribution in [3.05, 3.63) is 17.5 Å². The third-order valence-corrected chi connectivity index (χ3v) is 13.9. The molecule has 2 aliphatic heterocycles. The SMILES string of the molecule is CN(C(=O)[C@@H](NC(=O)N[C@H]1CCCCCCCCC[C@@H](C(=O)C(=O)NCN)NC(=O)[C@@H]2[C@@H]3[C@H](CN2C1=O)C3(C)C)C(C)(C)C)S(=O)(=O)c1cccs1. The zero-order valence-electron chi connectivity index (χ0n) is 31.0. The normalized spacial score (nSPS) is 26.2. The molecule has 3 aliphatic rings. The van der Waals surface area contributed by atoms with Crippen LogP contribution in [0.25, 0.3) is 0 Å². The van der Waals surface area contributed by atoms with Crippen LogP contribution in [0.2, 0.25) is 0 Å². The van der Waals surface area contributed by atoms with Crippen LogP contribution in [0.15, 0.2) is 21.7 Å². The predicted molar refractivity (Wildman–Crippen MR) is 195 cm³/mol. The van der Waals surface area contributed by atoms with E-state index >= 15 is 0 Å². The monoisotopic (exact) mass is 765 g/mol. The van der Waals surface area contributed by atoms with Crippen LogP contribution in [0.3, 0.4) is 0 Å². The Kier molecular flexibility index (Phi) is 13.2. The van der Waals surface area contributed by atoms with Crippen molar-refractivity contribution in [3.8, 4) is 0 Å². The van der Waals surface area contributed by atoms with Gasteiger partial charge in [0.05, 0.1) is 12.7 Å². The van der Waals surface area contributed by atoms with Gasteiger partial charge in [-0.2, -0.15) is 0 Å². The summed E-state index contributed by atoms with van der Waals surface area (Å²) < 4.78 is 27.0. The van der Waals surface area contributed by atoms with Gasteiger partial charge in [-0.3, -0.25) is 24.0 Å². The second-order valence-corrected chi connectivity index (χ2v) is 18.9. The van der Waals surface area contributed by atoms with Crippen molar-refractivity contribution < 1.29 is 37.2 Å². The molecule has 1 saturated carbocycles. The minimum Gasteiger partial charge on any atom is -0.344 e. The first-order valence-electron chi connectivity index (χ1n) is 18.1. The molecule has 1 aliphatic carbocycles. The Morgan fingerprint density at radius 2 is 1.67 bits per heavy atom. The van der Waals surface area contributed by atoms with Crippen LogP contribution >= 0.6 is 11.3 Å². The fraction of sp³-hybridized carbons (Fsp3) is 0.714. The van der Waals surface area contributed by atoms with Crippen LogP contribution in [-0.2, 0) is 34.0 Å². The van der Waals surface area contributed by atoms with E-state index in [1.807, 2.05) is 13.8 Å². The van der Waals surface area contributed by atoms with E-state index < -0.39 is 75.0 Å². The maximum absolute atomic E-state index is 14.4. The molecule has 0 unspecified atom stereocenters. The molecule has 3 heterocycles. The number of ketones is 1. The molecule has 0 aromatic carbocycles. The quantitative estimate of drug-likeness (QED) is 0.193. The van der Waals surface area contributed by atoms with Gasteiger partial charge in [0.25, 0.3) is 21.8 Å². The fourth-order valence-corrected chi connectivity index (χ4v) is 9.84. The molecule has 6 amide bonds. The molecule has 0 bridgehead atoms. The number of nitrogens with one attached hydrogen (secondary N) is 4. The lowest BCUT2D eigenvalue weighted by Crippen LogP contribution is -2.61. The minimum absolute atomic E-state index is 0.0159. The average molecular weight is 766 g/mol. The smallest absolute Gasteiger partial charge is 0.316 e. The van der Waals surface area contributed by atoms with Gasteiger partial charge in [-0.1, -0.05) is 85.6 Å². The summed E-state index contributed by atoms with van der Waals surface area (Å²) in [5.41, 5.74) is 4.27. The van der Waals surface area contributed by atoms with Crippen molar-refractivity contribution in [2.75, 3.05) is 20.3 Å². The molecule has 1 aromatic rings. The number of fused-ring (bicyclic) bond motifs is 3. The van der Waals surface area contributed by atoms with Gasteiger partial charge in [0.2, 0.25) is 17.6 Å². The average Bonchev–Trinajstić information content (AvgIpc) is 3.53. The third kappa shape index (κ3) is 9.13. The Labute approximate surface area is 310 Å². The van der Waals surface area contributed by atoms with Crippen molar-refractivity contribution in [3.63, 3.8) is 0 Å². The number of piperidine rings is 1. The number of nitrogens with zero attached hydrogens (tertiary/aromatic N) is 2. The molecule has 0 radical (unpaired) electrons. The molecule has 17 heteroatoms. The molecule has 2 saturated heterocycles. The van der Waals surface area contributed by atoms with E-state index in [0.717, 1.165) is 50.5 Å². The van der Waals surface area contributed by atoms with Gasteiger partial charge in [0, 0.05) is 13.6 Å². The lowest BCUT2D eigenvalue weighted by Gasteiger charge is -2.35. The van der Waals surface area contributed by atoms with Crippen LogP contribution < -0.4 is 27.0 Å². The second-order valence-electron chi connectivity index (χ2n) is 15.8. The molecule has 1 aromatic heterocycles. The van der Waals surface area contributed by atoms with Gasteiger partial charge in [0.15, 0.2) is 0 Å². The number of nitrogens with two attached hydrogens (primary N) is 1. The summed E-state index contributed by atoms with van der Waals surface area (Å²) in [4.78, 5) is 82.8. The van der Waals surface area contributed by atoms with E-state index in [1.165, 1.54) is 11.0 Å². The first kappa shape index (κ1) is 41.2. The summed E-state index contributed by atoms with van der Waals surface area (Å²) in [6.07, 6.45) is 6.09. The molecule has 6 atom stereocenters. The summed E-state index contributed by atoms with van der Waals surface area (Å²) in [5.74, 6) is -3.70. The summed E-state index contributed by atoms with van der Waals surface area (Å²) in [6, 6.07) is -2.22. The number of thiophene rings is 1. The number of urea groups is 1. The van der Waals surface area contributed by atoms with Gasteiger partial charge in [-0.25, -0.2) is 17.5 Å². The fourth-order valence-electron chi connectivity index (χ4n) is 7.54. The van der Waals surface area contributed by atoms with E-state index in [2.05, 4.69) is 21.3 Å². The zero-order chi connectivity index (χ0) is 38.6. The highest BCUT2D eigenvalue weighted by molar-refractivity contribution is 7.91. The largest absolute Gasteiger partial charge is 0.344 e. The molecule has 15 nitrogen and oxygen atoms in total. The first-order chi connectivity index (χ1) is 24.3. The highest BCUT2D eigenvalue weighted by atomic mass is 32.2. The summed E-state index contributed by atoms with van der Waals surface area (Å²) in [7, 11) is -3.02. The number of sulfonamides is 1. The summed E-state index contributed by atoms with van der Waals surface area (Å²) >= 11 is 0.971. The van der Waals surface area contributed by atoms with Crippen molar-refractivity contribution >= 4 is 56.8 Å². The number of likely N-dealkylation sites (N-methyl/N-ethyl adjacent to an activating group) is 1. The Hall–Kier alpha value is -3.57. The number of Topliss-reactive ketones (excluding diaryl/α,β-unsaturated/α-hetero) is 1. The van der Waals surface area contributed by atoms with Crippen molar-refractivity contribution in [2.24, 2.45) is 28.4 Å². The standard InChI is InChI=1S/C35H55N7O8S2/c1-34(2,3)28(32(47)41(6)52(49,50)24-17-14-18-51-24)40-33(48)39-23-16-13-11-9-7-8-10-12-15-22(27(43)30(45)37-20-36)38-29(44)26-25-21(35(25,4)5)19-42(26)31(23)46/h14,17-18,21-23,25-26,28H,7-13,15-16,19-20,36H2,1-6H3,(H,37,45)(H,38,44)(H2,39,40,48)/t21-,22-,23-,25-,26-,28+/m0/s1. The van der Waals surface area contributed by atoms with Crippen molar-refractivity contribution in [2.45, 2.75) is 121 Å². The molecular formula is C35H55N7O8S2. The maximum Gasteiger partial charge on any atom is 0.316 e. The highest BCUT2D eigenvalue weighted by Crippen LogP contribution is 2.65. The Morgan fingerprint density at radius 3 is 2.25 bits per heavy atom. The molecular weight excluding hydrogens is 711 g/mol. The predicted octanol–water partition coefficient (Wildman–Crippen LogP) is 2.07. The minimum atomic E-state index is -4.17. The molecule has 52 heavy (non-hydrogen) atoms. The van der Waals surface area contributed by atoms with Gasteiger partial charge in [-0.05, 0) is 47.0 Å². The van der Waals surface area contributed by atoms with Crippen LogP contribution in [-0.4, -0.2) is 97.5 Å². The molecule has 3 fully saturated rings. The maximum atomic E-state index is 14.4. The Bertz CT molecular complexity index is 1610. The number of hydrogen-bond acceptors (Lipinski definition) is 10. The highest BCUT2D eigenvalue weighted by Gasteiger charge is 2.69. The lowest BCUT2D eigenvalue weighted by molar-refractivity contribution is -0.144. The van der Waals surface area contributed by atoms with Crippen LogP contribution in [0.5, 0.6) is 0 Å². The van der Waals surface area contributed by atoms with Gasteiger partial charge >= 0.3 is 6.03 Å². The third-order valence-electron chi connectivity index (χ3n) is 10.8. The van der Waals surface area contributed by atoms with Gasteiger partial charge < -0.3 is 31.9 Å². The number of rotatable bonds is 8. The van der Waals surface area contributed by atoms with E-state index in [1.54, 1.807) is 32.2 Å². The topological polar surface area (TPSA) is 217 Å². The van der Waals surface area contributed by atoms with Crippen LogP contribution in [0.1, 0.15) is 92.4 Å².